The highest BCUT2D eigenvalue weighted by molar-refractivity contribution is 5.62. The summed E-state index contributed by atoms with van der Waals surface area (Å²) in [5.41, 5.74) is 6.89. The molecular formula is C20H24N4O. The van der Waals surface area contributed by atoms with Crippen molar-refractivity contribution in [3.05, 3.63) is 71.3 Å². The fraction of sp³-hybridized carbons (Fsp3) is 0.300. The van der Waals surface area contributed by atoms with Gasteiger partial charge in [0.2, 0.25) is 0 Å². The first-order valence-electron chi connectivity index (χ1n) is 8.53. The molecular weight excluding hydrogens is 312 g/mol. The minimum atomic E-state index is 0.109. The number of aromatic nitrogens is 3. The molecule has 0 saturated carbocycles. The highest BCUT2D eigenvalue weighted by Gasteiger charge is 2.10. The molecule has 25 heavy (non-hydrogen) atoms. The lowest BCUT2D eigenvalue weighted by Crippen LogP contribution is -2.14. The third kappa shape index (κ3) is 4.13. The van der Waals surface area contributed by atoms with E-state index in [-0.39, 0.29) is 6.61 Å². The second-order valence-electron chi connectivity index (χ2n) is 6.14. The van der Waals surface area contributed by atoms with Crippen LogP contribution in [0.15, 0.2) is 48.8 Å². The number of nitrogens with one attached hydrogen (secondary N) is 1. The van der Waals surface area contributed by atoms with E-state index < -0.39 is 0 Å². The number of hydrogen-bond acceptors (Lipinski definition) is 4. The third-order valence-corrected chi connectivity index (χ3v) is 4.42. The molecule has 0 radical (unpaired) electrons. The van der Waals surface area contributed by atoms with Crippen LogP contribution in [0.25, 0.3) is 11.1 Å². The molecule has 0 spiro atoms. The molecule has 0 aliphatic carbocycles. The van der Waals surface area contributed by atoms with E-state index in [1.165, 1.54) is 16.7 Å². The molecule has 3 aromatic rings. The van der Waals surface area contributed by atoms with Crippen LogP contribution in [0.1, 0.15) is 22.5 Å². The van der Waals surface area contributed by atoms with Gasteiger partial charge in [0.05, 0.1) is 18.8 Å². The smallest absolute Gasteiger partial charge is 0.0644 e. The van der Waals surface area contributed by atoms with E-state index in [4.69, 9.17) is 5.11 Å². The second kappa shape index (κ2) is 8.05. The molecule has 2 heterocycles. The molecule has 0 aliphatic heterocycles. The van der Waals surface area contributed by atoms with E-state index in [0.29, 0.717) is 6.54 Å². The Morgan fingerprint density at radius 3 is 2.52 bits per heavy atom. The van der Waals surface area contributed by atoms with Crippen LogP contribution in [0.3, 0.4) is 0 Å². The standard InChI is InChI=1S/C20H24N4O/c1-15-20(16(2)24(23-15)10-11-25)14-22-12-17-5-7-18(8-6-17)19-4-3-9-21-13-19/h3-9,13,22,25H,10-12,14H2,1-2H3. The van der Waals surface area contributed by atoms with Crippen LogP contribution >= 0.6 is 0 Å². The van der Waals surface area contributed by atoms with Crippen molar-refractivity contribution in [1.29, 1.82) is 0 Å². The first-order chi connectivity index (χ1) is 12.2. The second-order valence-corrected chi connectivity index (χ2v) is 6.14. The summed E-state index contributed by atoms with van der Waals surface area (Å²) in [6, 6.07) is 12.6. The SMILES string of the molecule is Cc1nn(CCO)c(C)c1CNCc1ccc(-c2cccnc2)cc1. The Bertz CT molecular complexity index is 810. The number of pyridine rings is 1. The normalized spacial score (nSPS) is 11.0. The van der Waals surface area contributed by atoms with E-state index in [1.54, 1.807) is 6.20 Å². The average molecular weight is 336 g/mol. The number of aliphatic hydroxyl groups is 1. The lowest BCUT2D eigenvalue weighted by Gasteiger charge is -2.08. The monoisotopic (exact) mass is 336 g/mol. The van der Waals surface area contributed by atoms with Gasteiger partial charge in [0.25, 0.3) is 0 Å². The van der Waals surface area contributed by atoms with Crippen LogP contribution in [0.5, 0.6) is 0 Å². The lowest BCUT2D eigenvalue weighted by molar-refractivity contribution is 0.267. The third-order valence-electron chi connectivity index (χ3n) is 4.42. The molecule has 5 heteroatoms. The van der Waals surface area contributed by atoms with Gasteiger partial charge < -0.3 is 10.4 Å². The van der Waals surface area contributed by atoms with Crippen LogP contribution in [0.2, 0.25) is 0 Å². The summed E-state index contributed by atoms with van der Waals surface area (Å²) in [6.45, 7) is 6.29. The lowest BCUT2D eigenvalue weighted by atomic mass is 10.1. The maximum Gasteiger partial charge on any atom is 0.0644 e. The van der Waals surface area contributed by atoms with Gasteiger partial charge in [-0.2, -0.15) is 5.10 Å². The first kappa shape index (κ1) is 17.3. The molecule has 5 nitrogen and oxygen atoms in total. The minimum absolute atomic E-state index is 0.109. The van der Waals surface area contributed by atoms with Gasteiger partial charge in [-0.1, -0.05) is 30.3 Å². The van der Waals surface area contributed by atoms with Crippen molar-refractivity contribution in [2.75, 3.05) is 6.61 Å². The number of nitrogens with zero attached hydrogens (tertiary/aromatic N) is 3. The summed E-state index contributed by atoms with van der Waals surface area (Å²) in [5.74, 6) is 0. The molecule has 2 N–H and O–H groups in total. The fourth-order valence-corrected chi connectivity index (χ4v) is 2.98. The predicted molar refractivity (Wildman–Crippen MR) is 99.0 cm³/mol. The van der Waals surface area contributed by atoms with E-state index in [1.807, 2.05) is 23.9 Å². The number of aryl methyl sites for hydroxylation is 1. The van der Waals surface area contributed by atoms with Gasteiger partial charge in [-0.15, -0.1) is 0 Å². The predicted octanol–water partition coefficient (Wildman–Crippen LogP) is 2.84. The highest BCUT2D eigenvalue weighted by atomic mass is 16.3. The van der Waals surface area contributed by atoms with E-state index in [2.05, 4.69) is 52.7 Å². The minimum Gasteiger partial charge on any atom is -0.394 e. The Balaban J connectivity index is 1.59. The molecule has 0 amide bonds. The largest absolute Gasteiger partial charge is 0.394 e. The molecule has 3 rings (SSSR count). The average Bonchev–Trinajstić information content (AvgIpc) is 2.91. The van der Waals surface area contributed by atoms with Gasteiger partial charge >= 0.3 is 0 Å². The van der Waals surface area contributed by atoms with Gasteiger partial charge in [-0.25, -0.2) is 0 Å². The van der Waals surface area contributed by atoms with Crippen molar-refractivity contribution >= 4 is 0 Å². The van der Waals surface area contributed by atoms with Crippen LogP contribution in [0.4, 0.5) is 0 Å². The molecule has 0 aliphatic rings. The Morgan fingerprint density at radius 1 is 1.04 bits per heavy atom. The Hall–Kier alpha value is -2.50. The summed E-state index contributed by atoms with van der Waals surface area (Å²) in [6.07, 6.45) is 3.66. The number of rotatable bonds is 7. The van der Waals surface area contributed by atoms with Crippen molar-refractivity contribution in [2.24, 2.45) is 0 Å². The zero-order valence-corrected chi connectivity index (χ0v) is 14.7. The maximum atomic E-state index is 9.09. The van der Waals surface area contributed by atoms with Crippen molar-refractivity contribution in [2.45, 2.75) is 33.5 Å². The van der Waals surface area contributed by atoms with Gasteiger partial charge in [0.15, 0.2) is 0 Å². The zero-order valence-electron chi connectivity index (χ0n) is 14.7. The van der Waals surface area contributed by atoms with Crippen LogP contribution in [-0.4, -0.2) is 26.5 Å². The van der Waals surface area contributed by atoms with Gasteiger partial charge in [0, 0.05) is 36.7 Å². The molecule has 2 aromatic heterocycles. The van der Waals surface area contributed by atoms with E-state index in [0.717, 1.165) is 30.0 Å². The number of hydrogen-bond donors (Lipinski definition) is 2. The summed E-state index contributed by atoms with van der Waals surface area (Å²) in [4.78, 5) is 4.16. The van der Waals surface area contributed by atoms with Crippen LogP contribution in [0, 0.1) is 13.8 Å². The Kier molecular flexibility index (Phi) is 5.58. The Labute approximate surface area is 148 Å². The van der Waals surface area contributed by atoms with E-state index in [9.17, 15) is 0 Å². The van der Waals surface area contributed by atoms with E-state index >= 15 is 0 Å². The molecule has 0 unspecified atom stereocenters. The van der Waals surface area contributed by atoms with Crippen molar-refractivity contribution < 1.29 is 5.11 Å². The molecule has 0 fully saturated rings. The first-order valence-corrected chi connectivity index (χ1v) is 8.53. The molecule has 0 bridgehead atoms. The maximum absolute atomic E-state index is 9.09. The number of aliphatic hydroxyl groups excluding tert-OH is 1. The Morgan fingerprint density at radius 2 is 1.84 bits per heavy atom. The summed E-state index contributed by atoms with van der Waals surface area (Å²) < 4.78 is 1.87. The van der Waals surface area contributed by atoms with Crippen LogP contribution in [-0.2, 0) is 19.6 Å². The topological polar surface area (TPSA) is 63.0 Å². The van der Waals surface area contributed by atoms with Crippen molar-refractivity contribution in [3.63, 3.8) is 0 Å². The van der Waals surface area contributed by atoms with Gasteiger partial charge in [-0.3, -0.25) is 9.67 Å². The fourth-order valence-electron chi connectivity index (χ4n) is 2.98. The summed E-state index contributed by atoms with van der Waals surface area (Å²) in [7, 11) is 0. The van der Waals surface area contributed by atoms with Crippen LogP contribution < -0.4 is 5.32 Å². The van der Waals surface area contributed by atoms with Gasteiger partial charge in [-0.05, 0) is 36.6 Å². The number of benzene rings is 1. The molecule has 0 atom stereocenters. The van der Waals surface area contributed by atoms with Gasteiger partial charge in [0.1, 0.15) is 0 Å². The van der Waals surface area contributed by atoms with Crippen molar-refractivity contribution in [3.8, 4) is 11.1 Å². The molecule has 1 aromatic carbocycles. The quantitative estimate of drug-likeness (QED) is 0.696. The zero-order chi connectivity index (χ0) is 17.6. The molecule has 130 valence electrons. The summed E-state index contributed by atoms with van der Waals surface area (Å²) >= 11 is 0. The summed E-state index contributed by atoms with van der Waals surface area (Å²) in [5, 5.41) is 17.1. The molecule has 0 saturated heterocycles. The van der Waals surface area contributed by atoms with Crippen molar-refractivity contribution in [1.82, 2.24) is 20.1 Å². The highest BCUT2D eigenvalue weighted by Crippen LogP contribution is 2.18.